The molecule has 0 heterocycles. The van der Waals surface area contributed by atoms with Gasteiger partial charge in [0.05, 0.1) is 25.3 Å². The van der Waals surface area contributed by atoms with E-state index >= 15 is 0 Å². The molecule has 0 spiro atoms. The third kappa shape index (κ3) is 3.60. The van der Waals surface area contributed by atoms with Crippen LogP contribution in [0.4, 0.5) is 15.8 Å². The second-order valence-electron chi connectivity index (χ2n) is 4.41. The number of carbonyl (C=O) groups is 2. The van der Waals surface area contributed by atoms with E-state index in [9.17, 15) is 14.0 Å². The molecule has 0 amide bonds. The maximum absolute atomic E-state index is 12.9. The van der Waals surface area contributed by atoms with Crippen molar-refractivity contribution in [2.45, 2.75) is 0 Å². The van der Waals surface area contributed by atoms with E-state index in [4.69, 9.17) is 0 Å². The Kier molecular flexibility index (Phi) is 4.73. The molecule has 0 aliphatic carbocycles. The smallest absolute Gasteiger partial charge is 0.337 e. The number of hydrogen-bond donors (Lipinski definition) is 1. The van der Waals surface area contributed by atoms with Crippen molar-refractivity contribution >= 4 is 23.3 Å². The summed E-state index contributed by atoms with van der Waals surface area (Å²) in [6.45, 7) is 0. The first-order valence-corrected chi connectivity index (χ1v) is 6.38. The standard InChI is InChI=1S/C16H14FNO4/c1-21-15(19)10-7-11(16(20)22-2)9-14(8-10)18-13-5-3-12(17)4-6-13/h3-9,18H,1-2H3. The average molecular weight is 303 g/mol. The fraction of sp³-hybridized carbons (Fsp3) is 0.125. The van der Waals surface area contributed by atoms with E-state index in [1.54, 1.807) is 0 Å². The monoisotopic (exact) mass is 303 g/mol. The number of halogens is 1. The zero-order chi connectivity index (χ0) is 16.1. The second kappa shape index (κ2) is 6.71. The summed E-state index contributed by atoms with van der Waals surface area (Å²) in [5.41, 5.74) is 1.50. The summed E-state index contributed by atoms with van der Waals surface area (Å²) in [5.74, 6) is -1.51. The van der Waals surface area contributed by atoms with E-state index in [1.165, 1.54) is 56.7 Å². The molecule has 0 aliphatic heterocycles. The minimum Gasteiger partial charge on any atom is -0.465 e. The van der Waals surface area contributed by atoms with E-state index in [2.05, 4.69) is 14.8 Å². The van der Waals surface area contributed by atoms with Crippen LogP contribution in [0.5, 0.6) is 0 Å². The molecule has 0 fully saturated rings. The third-order valence-corrected chi connectivity index (χ3v) is 2.91. The van der Waals surface area contributed by atoms with Gasteiger partial charge in [-0.25, -0.2) is 14.0 Å². The SMILES string of the molecule is COC(=O)c1cc(Nc2ccc(F)cc2)cc(C(=O)OC)c1. The molecule has 0 unspecified atom stereocenters. The van der Waals surface area contributed by atoms with Gasteiger partial charge in [-0.3, -0.25) is 0 Å². The number of esters is 2. The number of hydrogen-bond acceptors (Lipinski definition) is 5. The summed E-state index contributed by atoms with van der Waals surface area (Å²) in [6, 6.07) is 10.1. The van der Waals surface area contributed by atoms with Crippen molar-refractivity contribution in [3.8, 4) is 0 Å². The number of benzene rings is 2. The molecule has 22 heavy (non-hydrogen) atoms. The Hall–Kier alpha value is -2.89. The first-order chi connectivity index (χ1) is 10.5. The number of methoxy groups -OCH3 is 2. The number of ether oxygens (including phenoxy) is 2. The van der Waals surface area contributed by atoms with Gasteiger partial charge >= 0.3 is 11.9 Å². The summed E-state index contributed by atoms with van der Waals surface area (Å²) >= 11 is 0. The molecule has 0 atom stereocenters. The molecular formula is C16H14FNO4. The van der Waals surface area contributed by atoms with Crippen LogP contribution < -0.4 is 5.32 Å². The Morgan fingerprint density at radius 3 is 1.82 bits per heavy atom. The fourth-order valence-corrected chi connectivity index (χ4v) is 1.87. The highest BCUT2D eigenvalue weighted by Crippen LogP contribution is 2.21. The quantitative estimate of drug-likeness (QED) is 0.879. The third-order valence-electron chi connectivity index (χ3n) is 2.91. The molecule has 0 saturated heterocycles. The van der Waals surface area contributed by atoms with Crippen LogP contribution >= 0.6 is 0 Å². The largest absolute Gasteiger partial charge is 0.465 e. The molecule has 0 bridgehead atoms. The molecule has 2 rings (SSSR count). The lowest BCUT2D eigenvalue weighted by Crippen LogP contribution is -2.07. The average Bonchev–Trinajstić information content (AvgIpc) is 2.55. The van der Waals surface area contributed by atoms with Crippen LogP contribution in [0, 0.1) is 5.82 Å². The minimum absolute atomic E-state index is 0.204. The first-order valence-electron chi connectivity index (χ1n) is 6.38. The highest BCUT2D eigenvalue weighted by Gasteiger charge is 2.13. The summed E-state index contributed by atoms with van der Waals surface area (Å²) in [7, 11) is 2.50. The summed E-state index contributed by atoms with van der Waals surface area (Å²) in [5, 5.41) is 2.99. The maximum atomic E-state index is 12.9. The molecule has 0 radical (unpaired) electrons. The molecule has 114 valence electrons. The van der Waals surface area contributed by atoms with Crippen LogP contribution in [0.3, 0.4) is 0 Å². The van der Waals surface area contributed by atoms with Gasteiger partial charge in [0, 0.05) is 11.4 Å². The second-order valence-corrected chi connectivity index (χ2v) is 4.41. The van der Waals surface area contributed by atoms with E-state index in [0.29, 0.717) is 11.4 Å². The van der Waals surface area contributed by atoms with Crippen LogP contribution in [0.15, 0.2) is 42.5 Å². The van der Waals surface area contributed by atoms with Crippen LogP contribution in [-0.2, 0) is 9.47 Å². The van der Waals surface area contributed by atoms with Crippen molar-refractivity contribution < 1.29 is 23.5 Å². The topological polar surface area (TPSA) is 64.6 Å². The van der Waals surface area contributed by atoms with Gasteiger partial charge < -0.3 is 14.8 Å². The van der Waals surface area contributed by atoms with Gasteiger partial charge in [0.15, 0.2) is 0 Å². The van der Waals surface area contributed by atoms with Gasteiger partial charge in [0.1, 0.15) is 5.82 Å². The molecular weight excluding hydrogens is 289 g/mol. The maximum Gasteiger partial charge on any atom is 0.337 e. The van der Waals surface area contributed by atoms with Crippen LogP contribution in [0.25, 0.3) is 0 Å². The van der Waals surface area contributed by atoms with E-state index in [-0.39, 0.29) is 16.9 Å². The Morgan fingerprint density at radius 1 is 0.864 bits per heavy atom. The Balaban J connectivity index is 2.38. The Labute approximate surface area is 126 Å². The molecule has 0 aliphatic rings. The Morgan fingerprint density at radius 2 is 1.36 bits per heavy atom. The van der Waals surface area contributed by atoms with Crippen LogP contribution in [-0.4, -0.2) is 26.2 Å². The lowest BCUT2D eigenvalue weighted by Gasteiger charge is -2.10. The van der Waals surface area contributed by atoms with Crippen molar-refractivity contribution in [1.29, 1.82) is 0 Å². The number of rotatable bonds is 4. The summed E-state index contributed by atoms with van der Waals surface area (Å²) in [6.07, 6.45) is 0. The van der Waals surface area contributed by atoms with Gasteiger partial charge in [0.25, 0.3) is 0 Å². The van der Waals surface area contributed by atoms with Gasteiger partial charge in [-0.1, -0.05) is 0 Å². The molecule has 1 N–H and O–H groups in total. The lowest BCUT2D eigenvalue weighted by molar-refractivity contribution is 0.0599. The van der Waals surface area contributed by atoms with Crippen molar-refractivity contribution in [2.24, 2.45) is 0 Å². The zero-order valence-corrected chi connectivity index (χ0v) is 12.1. The van der Waals surface area contributed by atoms with Crippen molar-refractivity contribution in [3.63, 3.8) is 0 Å². The zero-order valence-electron chi connectivity index (χ0n) is 12.1. The van der Waals surface area contributed by atoms with Crippen LogP contribution in [0.2, 0.25) is 0 Å². The molecule has 2 aromatic carbocycles. The minimum atomic E-state index is -0.576. The number of carbonyl (C=O) groups excluding carboxylic acids is 2. The summed E-state index contributed by atoms with van der Waals surface area (Å²) < 4.78 is 22.2. The van der Waals surface area contributed by atoms with E-state index in [0.717, 1.165) is 0 Å². The fourth-order valence-electron chi connectivity index (χ4n) is 1.87. The summed E-state index contributed by atoms with van der Waals surface area (Å²) in [4.78, 5) is 23.3. The van der Waals surface area contributed by atoms with Crippen molar-refractivity contribution in [3.05, 3.63) is 59.4 Å². The van der Waals surface area contributed by atoms with E-state index < -0.39 is 11.9 Å². The number of nitrogens with one attached hydrogen (secondary N) is 1. The van der Waals surface area contributed by atoms with Gasteiger partial charge in [-0.2, -0.15) is 0 Å². The predicted molar refractivity (Wildman–Crippen MR) is 78.8 cm³/mol. The molecule has 0 saturated carbocycles. The molecule has 5 nitrogen and oxygen atoms in total. The van der Waals surface area contributed by atoms with Gasteiger partial charge in [-0.15, -0.1) is 0 Å². The highest BCUT2D eigenvalue weighted by molar-refractivity contribution is 5.97. The van der Waals surface area contributed by atoms with Gasteiger partial charge in [0.2, 0.25) is 0 Å². The van der Waals surface area contributed by atoms with Crippen LogP contribution in [0.1, 0.15) is 20.7 Å². The van der Waals surface area contributed by atoms with E-state index in [1.807, 2.05) is 0 Å². The molecule has 6 heteroatoms. The molecule has 0 aromatic heterocycles. The Bertz CT molecular complexity index is 664. The number of anilines is 2. The highest BCUT2D eigenvalue weighted by atomic mass is 19.1. The normalized spacial score (nSPS) is 9.95. The van der Waals surface area contributed by atoms with Crippen molar-refractivity contribution in [1.82, 2.24) is 0 Å². The van der Waals surface area contributed by atoms with Crippen molar-refractivity contribution in [2.75, 3.05) is 19.5 Å². The predicted octanol–water partition coefficient (Wildman–Crippen LogP) is 3.14. The first kappa shape index (κ1) is 15.5. The molecule has 2 aromatic rings. The lowest BCUT2D eigenvalue weighted by atomic mass is 10.1. The van der Waals surface area contributed by atoms with Gasteiger partial charge in [-0.05, 0) is 42.5 Å².